The number of rotatable bonds is 7. The molecule has 6 heteroatoms. The molecule has 2 aromatic rings. The summed E-state index contributed by atoms with van der Waals surface area (Å²) in [6.45, 7) is 3.63. The molecule has 0 saturated carbocycles. The van der Waals surface area contributed by atoms with E-state index in [1.165, 1.54) is 12.4 Å². The van der Waals surface area contributed by atoms with E-state index in [0.717, 1.165) is 16.9 Å². The van der Waals surface area contributed by atoms with Crippen molar-refractivity contribution in [2.75, 3.05) is 25.6 Å². The van der Waals surface area contributed by atoms with E-state index in [9.17, 15) is 0 Å². The summed E-state index contributed by atoms with van der Waals surface area (Å²) in [6, 6.07) is 7.98. The van der Waals surface area contributed by atoms with Crippen molar-refractivity contribution in [2.45, 2.75) is 13.5 Å². The molecular weight excluding hydrogens is 280 g/mol. The van der Waals surface area contributed by atoms with Crippen molar-refractivity contribution in [3.05, 3.63) is 47.4 Å². The van der Waals surface area contributed by atoms with Gasteiger partial charge in [-0.15, -0.1) is 0 Å². The van der Waals surface area contributed by atoms with Gasteiger partial charge in [0.2, 0.25) is 0 Å². The van der Waals surface area contributed by atoms with E-state index in [1.807, 2.05) is 31.2 Å². The lowest BCUT2D eigenvalue weighted by molar-refractivity contribution is 0.146. The number of nitrogens with one attached hydrogen (secondary N) is 1. The van der Waals surface area contributed by atoms with E-state index in [4.69, 9.17) is 14.7 Å². The van der Waals surface area contributed by atoms with E-state index < -0.39 is 0 Å². The smallest absolute Gasteiger partial charge is 0.158 e. The summed E-state index contributed by atoms with van der Waals surface area (Å²) in [6.07, 6.45) is 2.98. The molecule has 0 bridgehead atoms. The van der Waals surface area contributed by atoms with Crippen LogP contribution in [0.3, 0.4) is 0 Å². The maximum atomic E-state index is 8.70. The highest BCUT2D eigenvalue weighted by Gasteiger charge is 2.05. The molecule has 0 spiro atoms. The summed E-state index contributed by atoms with van der Waals surface area (Å²) in [4.78, 5) is 8.10. The molecule has 22 heavy (non-hydrogen) atoms. The second kappa shape index (κ2) is 7.96. The molecule has 0 saturated heterocycles. The van der Waals surface area contributed by atoms with Crippen molar-refractivity contribution in [2.24, 2.45) is 0 Å². The maximum Gasteiger partial charge on any atom is 0.158 e. The van der Waals surface area contributed by atoms with E-state index >= 15 is 0 Å². The first-order valence-corrected chi connectivity index (χ1v) is 6.90. The Morgan fingerprint density at radius 2 is 2.09 bits per heavy atom. The van der Waals surface area contributed by atoms with Crippen LogP contribution in [0, 0.1) is 18.3 Å². The Morgan fingerprint density at radius 1 is 1.23 bits per heavy atom. The highest BCUT2D eigenvalue weighted by molar-refractivity contribution is 5.41. The molecule has 114 valence electrons. The van der Waals surface area contributed by atoms with Crippen LogP contribution in [-0.2, 0) is 11.3 Å². The molecule has 0 aliphatic heterocycles. The van der Waals surface area contributed by atoms with E-state index in [1.54, 1.807) is 7.11 Å². The quantitative estimate of drug-likeness (QED) is 0.790. The first kappa shape index (κ1) is 15.7. The molecule has 0 aliphatic rings. The van der Waals surface area contributed by atoms with E-state index in [2.05, 4.69) is 15.3 Å². The van der Waals surface area contributed by atoms with Gasteiger partial charge in [-0.2, -0.15) is 5.26 Å². The minimum atomic E-state index is 0.296. The van der Waals surface area contributed by atoms with Crippen LogP contribution in [0.5, 0.6) is 5.75 Å². The van der Waals surface area contributed by atoms with Crippen LogP contribution >= 0.6 is 0 Å². The zero-order valence-electron chi connectivity index (χ0n) is 12.7. The normalized spacial score (nSPS) is 10.0. The molecule has 0 fully saturated rings. The number of anilines is 1. The Morgan fingerprint density at radius 3 is 2.77 bits per heavy atom. The van der Waals surface area contributed by atoms with Gasteiger partial charge in [0.15, 0.2) is 5.69 Å². The third-order valence-corrected chi connectivity index (χ3v) is 2.99. The van der Waals surface area contributed by atoms with Crippen molar-refractivity contribution in [1.82, 2.24) is 9.97 Å². The third-order valence-electron chi connectivity index (χ3n) is 2.99. The van der Waals surface area contributed by atoms with Gasteiger partial charge in [0.05, 0.1) is 19.0 Å². The summed E-state index contributed by atoms with van der Waals surface area (Å²) >= 11 is 0. The Labute approximate surface area is 129 Å². The predicted octanol–water partition coefficient (Wildman–Crippen LogP) is 2.29. The molecule has 0 radical (unpaired) electrons. The molecule has 0 unspecified atom stereocenters. The number of aromatic nitrogens is 2. The molecule has 1 aromatic carbocycles. The van der Waals surface area contributed by atoms with Crippen LogP contribution in [0.25, 0.3) is 0 Å². The van der Waals surface area contributed by atoms with Gasteiger partial charge in [-0.25, -0.2) is 9.97 Å². The zero-order chi connectivity index (χ0) is 15.8. The van der Waals surface area contributed by atoms with Crippen molar-refractivity contribution >= 4 is 5.82 Å². The lowest BCUT2D eigenvalue weighted by Crippen LogP contribution is -2.08. The number of methoxy groups -OCH3 is 1. The van der Waals surface area contributed by atoms with Gasteiger partial charge in [0.1, 0.15) is 24.2 Å². The molecule has 2 rings (SSSR count). The number of aryl methyl sites for hydroxylation is 1. The van der Waals surface area contributed by atoms with Gasteiger partial charge in [0, 0.05) is 19.2 Å². The lowest BCUT2D eigenvalue weighted by atomic mass is 10.1. The van der Waals surface area contributed by atoms with Crippen LogP contribution in [0.2, 0.25) is 0 Å². The SMILES string of the molecule is COCCOc1cc(C)ccc1CNc1cnc(C#N)cn1. The lowest BCUT2D eigenvalue weighted by Gasteiger charge is -2.13. The van der Waals surface area contributed by atoms with Crippen LogP contribution in [0.4, 0.5) is 5.82 Å². The van der Waals surface area contributed by atoms with E-state index in [-0.39, 0.29) is 0 Å². The third kappa shape index (κ3) is 4.43. The monoisotopic (exact) mass is 298 g/mol. The number of nitriles is 1. The van der Waals surface area contributed by atoms with Crippen LogP contribution in [0.1, 0.15) is 16.8 Å². The van der Waals surface area contributed by atoms with Gasteiger partial charge in [-0.1, -0.05) is 12.1 Å². The number of benzene rings is 1. The molecule has 0 atom stereocenters. The van der Waals surface area contributed by atoms with E-state index in [0.29, 0.717) is 31.3 Å². The Kier molecular flexibility index (Phi) is 5.69. The molecular formula is C16H18N4O2. The molecule has 1 N–H and O–H groups in total. The Bertz CT molecular complexity index is 650. The van der Waals surface area contributed by atoms with Crippen LogP contribution < -0.4 is 10.1 Å². The molecule has 1 heterocycles. The number of nitrogens with zero attached hydrogens (tertiary/aromatic N) is 3. The summed E-state index contributed by atoms with van der Waals surface area (Å²) in [5.74, 6) is 1.44. The predicted molar refractivity (Wildman–Crippen MR) is 82.6 cm³/mol. The van der Waals surface area contributed by atoms with Crippen molar-refractivity contribution in [3.63, 3.8) is 0 Å². The standard InChI is InChI=1S/C16H18N4O2/c1-12-3-4-13(15(7-12)22-6-5-21-2)9-19-16-11-18-14(8-17)10-20-16/h3-4,7,10-11H,5-6,9H2,1-2H3,(H,19,20). The fourth-order valence-electron chi connectivity index (χ4n) is 1.84. The minimum absolute atomic E-state index is 0.296. The van der Waals surface area contributed by atoms with Gasteiger partial charge < -0.3 is 14.8 Å². The Hall–Kier alpha value is -2.65. The fraction of sp³-hybridized carbons (Fsp3) is 0.312. The second-order valence-corrected chi connectivity index (χ2v) is 4.70. The number of hydrogen-bond donors (Lipinski definition) is 1. The van der Waals surface area contributed by atoms with Crippen LogP contribution in [-0.4, -0.2) is 30.3 Å². The molecule has 0 amide bonds. The summed E-state index contributed by atoms with van der Waals surface area (Å²) in [5, 5.41) is 11.9. The molecule has 1 aromatic heterocycles. The summed E-state index contributed by atoms with van der Waals surface area (Å²) in [5.41, 5.74) is 2.45. The molecule has 6 nitrogen and oxygen atoms in total. The topological polar surface area (TPSA) is 80.1 Å². The highest BCUT2D eigenvalue weighted by atomic mass is 16.5. The number of ether oxygens (including phenoxy) is 2. The van der Waals surface area contributed by atoms with Gasteiger partial charge in [-0.05, 0) is 18.6 Å². The van der Waals surface area contributed by atoms with Gasteiger partial charge in [0.25, 0.3) is 0 Å². The Balaban J connectivity index is 2.03. The first-order chi connectivity index (χ1) is 10.7. The summed E-state index contributed by atoms with van der Waals surface area (Å²) < 4.78 is 10.7. The average Bonchev–Trinajstić information content (AvgIpc) is 2.55. The van der Waals surface area contributed by atoms with Crippen molar-refractivity contribution < 1.29 is 9.47 Å². The largest absolute Gasteiger partial charge is 0.491 e. The maximum absolute atomic E-state index is 8.70. The summed E-state index contributed by atoms with van der Waals surface area (Å²) in [7, 11) is 1.64. The zero-order valence-corrected chi connectivity index (χ0v) is 12.7. The van der Waals surface area contributed by atoms with Gasteiger partial charge in [-0.3, -0.25) is 0 Å². The number of hydrogen-bond acceptors (Lipinski definition) is 6. The van der Waals surface area contributed by atoms with Gasteiger partial charge >= 0.3 is 0 Å². The second-order valence-electron chi connectivity index (χ2n) is 4.70. The van der Waals surface area contributed by atoms with Crippen molar-refractivity contribution in [1.29, 1.82) is 5.26 Å². The van der Waals surface area contributed by atoms with Crippen molar-refractivity contribution in [3.8, 4) is 11.8 Å². The minimum Gasteiger partial charge on any atom is -0.491 e. The fourth-order valence-corrected chi connectivity index (χ4v) is 1.84. The average molecular weight is 298 g/mol. The molecule has 0 aliphatic carbocycles. The van der Waals surface area contributed by atoms with Crippen LogP contribution in [0.15, 0.2) is 30.6 Å². The highest BCUT2D eigenvalue weighted by Crippen LogP contribution is 2.21. The first-order valence-electron chi connectivity index (χ1n) is 6.90.